The van der Waals surface area contributed by atoms with Gasteiger partial charge >= 0.3 is 0 Å². The van der Waals surface area contributed by atoms with Gasteiger partial charge in [-0.3, -0.25) is 4.90 Å². The van der Waals surface area contributed by atoms with E-state index in [1.54, 1.807) is 25.4 Å². The molecule has 0 aromatic heterocycles. The zero-order valence-corrected chi connectivity index (χ0v) is 15.2. The van der Waals surface area contributed by atoms with Crippen LogP contribution in [0.1, 0.15) is 30.9 Å². The summed E-state index contributed by atoms with van der Waals surface area (Å²) in [6, 6.07) is 8.64. The first-order valence-electron chi connectivity index (χ1n) is 8.21. The molecule has 1 aromatic carbocycles. The highest BCUT2D eigenvalue weighted by molar-refractivity contribution is 7.89. The lowest BCUT2D eigenvalue weighted by atomic mass is 10.0. The molecule has 0 unspecified atom stereocenters. The van der Waals surface area contributed by atoms with Gasteiger partial charge in [-0.2, -0.15) is 0 Å². The molecule has 5 nitrogen and oxygen atoms in total. The molecule has 1 aromatic rings. The van der Waals surface area contributed by atoms with Crippen molar-refractivity contribution >= 4 is 10.0 Å². The Morgan fingerprint density at radius 2 is 1.74 bits per heavy atom. The maximum absolute atomic E-state index is 12.0. The Bertz CT molecular complexity index is 578. The Morgan fingerprint density at radius 3 is 2.26 bits per heavy atom. The molecule has 0 amide bonds. The van der Waals surface area contributed by atoms with E-state index in [2.05, 4.69) is 29.2 Å². The normalized spacial score (nSPS) is 17.7. The van der Waals surface area contributed by atoms with Crippen molar-refractivity contribution in [2.24, 2.45) is 0 Å². The molecule has 1 saturated heterocycles. The van der Waals surface area contributed by atoms with Crippen molar-refractivity contribution in [2.45, 2.75) is 39.0 Å². The number of methoxy groups -OCH3 is 1. The van der Waals surface area contributed by atoms with Crippen LogP contribution in [0.3, 0.4) is 0 Å². The van der Waals surface area contributed by atoms with E-state index < -0.39 is 10.0 Å². The van der Waals surface area contributed by atoms with Gasteiger partial charge in [-0.25, -0.2) is 12.7 Å². The maximum atomic E-state index is 12.0. The summed E-state index contributed by atoms with van der Waals surface area (Å²) in [5, 5.41) is 0. The molecule has 2 rings (SSSR count). The fourth-order valence-electron chi connectivity index (χ4n) is 3.04. The van der Waals surface area contributed by atoms with E-state index in [1.165, 1.54) is 11.1 Å². The summed E-state index contributed by atoms with van der Waals surface area (Å²) in [6.45, 7) is 5.14. The third-order valence-electron chi connectivity index (χ3n) is 4.62. The average Bonchev–Trinajstić information content (AvgIpc) is 2.57. The van der Waals surface area contributed by atoms with Crippen LogP contribution in [0.2, 0.25) is 0 Å². The van der Waals surface area contributed by atoms with E-state index in [4.69, 9.17) is 4.74 Å². The first kappa shape index (κ1) is 18.4. The Balaban J connectivity index is 1.85. The number of rotatable bonds is 7. The minimum Gasteiger partial charge on any atom is -0.380 e. The Hall–Kier alpha value is -0.950. The van der Waals surface area contributed by atoms with E-state index >= 15 is 0 Å². The van der Waals surface area contributed by atoms with Gasteiger partial charge in [0.25, 0.3) is 0 Å². The second kappa shape index (κ2) is 8.24. The van der Waals surface area contributed by atoms with Gasteiger partial charge in [-0.05, 0) is 30.9 Å². The molecule has 23 heavy (non-hydrogen) atoms. The van der Waals surface area contributed by atoms with Crippen molar-refractivity contribution in [3.63, 3.8) is 0 Å². The van der Waals surface area contributed by atoms with Crippen molar-refractivity contribution in [1.82, 2.24) is 9.21 Å². The van der Waals surface area contributed by atoms with Crippen LogP contribution in [0, 0.1) is 0 Å². The van der Waals surface area contributed by atoms with Crippen molar-refractivity contribution in [1.29, 1.82) is 0 Å². The van der Waals surface area contributed by atoms with Crippen molar-refractivity contribution in [3.8, 4) is 0 Å². The van der Waals surface area contributed by atoms with Crippen molar-refractivity contribution < 1.29 is 13.2 Å². The zero-order valence-electron chi connectivity index (χ0n) is 14.4. The van der Waals surface area contributed by atoms with Gasteiger partial charge < -0.3 is 4.74 Å². The topological polar surface area (TPSA) is 49.9 Å². The number of likely N-dealkylation sites (tertiary alicyclic amines) is 1. The van der Waals surface area contributed by atoms with Gasteiger partial charge in [-0.1, -0.05) is 24.3 Å². The highest BCUT2D eigenvalue weighted by atomic mass is 32.2. The Labute approximate surface area is 140 Å². The molecule has 1 aliphatic heterocycles. The molecule has 1 fully saturated rings. The lowest BCUT2D eigenvalue weighted by molar-refractivity contribution is 0.164. The predicted molar refractivity (Wildman–Crippen MR) is 92.7 cm³/mol. The summed E-state index contributed by atoms with van der Waals surface area (Å²) in [5.74, 6) is 0.178. The third kappa shape index (κ3) is 5.01. The highest BCUT2D eigenvalue weighted by Crippen LogP contribution is 2.20. The van der Waals surface area contributed by atoms with Gasteiger partial charge in [0.05, 0.1) is 12.4 Å². The van der Waals surface area contributed by atoms with Crippen LogP contribution in [0.4, 0.5) is 0 Å². The van der Waals surface area contributed by atoms with E-state index in [-0.39, 0.29) is 11.8 Å². The van der Waals surface area contributed by atoms with E-state index in [0.717, 1.165) is 32.5 Å². The Morgan fingerprint density at radius 1 is 1.17 bits per heavy atom. The standard InChI is InChI=1S/C17H28N2O3S/c1-4-23(20,21)18(2)17-9-11-19(12-10-17)13-15-5-7-16(8-6-15)14-22-3/h5-8,17H,4,9-14H2,1-3H3. The molecule has 130 valence electrons. The molecule has 0 N–H and O–H groups in total. The zero-order chi connectivity index (χ0) is 16.9. The smallest absolute Gasteiger partial charge is 0.213 e. The van der Waals surface area contributed by atoms with Crippen LogP contribution >= 0.6 is 0 Å². The number of piperidine rings is 1. The van der Waals surface area contributed by atoms with Crippen molar-refractivity contribution in [3.05, 3.63) is 35.4 Å². The van der Waals surface area contributed by atoms with Crippen LogP contribution in [-0.2, 0) is 27.9 Å². The summed E-state index contributed by atoms with van der Waals surface area (Å²) >= 11 is 0. The van der Waals surface area contributed by atoms with Crippen LogP contribution in [0.5, 0.6) is 0 Å². The third-order valence-corrected chi connectivity index (χ3v) is 6.52. The van der Waals surface area contributed by atoms with E-state index in [1.807, 2.05) is 0 Å². The molecule has 1 aliphatic rings. The van der Waals surface area contributed by atoms with Crippen LogP contribution < -0.4 is 0 Å². The molecule has 0 atom stereocenters. The molecule has 0 radical (unpaired) electrons. The highest BCUT2D eigenvalue weighted by Gasteiger charge is 2.28. The van der Waals surface area contributed by atoms with Gasteiger partial charge in [0.1, 0.15) is 0 Å². The van der Waals surface area contributed by atoms with Crippen LogP contribution in [-0.4, -0.2) is 56.7 Å². The molecule has 0 spiro atoms. The molecule has 0 bridgehead atoms. The summed E-state index contributed by atoms with van der Waals surface area (Å²) < 4.78 is 30.6. The summed E-state index contributed by atoms with van der Waals surface area (Å²) in [6.07, 6.45) is 1.80. The van der Waals surface area contributed by atoms with Crippen LogP contribution in [0.15, 0.2) is 24.3 Å². The number of sulfonamides is 1. The largest absolute Gasteiger partial charge is 0.380 e. The molecular weight excluding hydrogens is 312 g/mol. The van der Waals surface area contributed by atoms with Crippen molar-refractivity contribution in [2.75, 3.05) is 33.0 Å². The summed E-state index contributed by atoms with van der Waals surface area (Å²) in [7, 11) is 0.337. The predicted octanol–water partition coefficient (Wildman–Crippen LogP) is 2.08. The fraction of sp³-hybridized carbons (Fsp3) is 0.647. The minimum atomic E-state index is -3.08. The maximum Gasteiger partial charge on any atom is 0.213 e. The number of ether oxygens (including phenoxy) is 1. The summed E-state index contributed by atoms with van der Waals surface area (Å²) in [4.78, 5) is 2.40. The van der Waals surface area contributed by atoms with Gasteiger partial charge in [-0.15, -0.1) is 0 Å². The van der Waals surface area contributed by atoms with Crippen LogP contribution in [0.25, 0.3) is 0 Å². The second-order valence-electron chi connectivity index (χ2n) is 6.17. The fourth-order valence-corrected chi connectivity index (χ4v) is 4.11. The quantitative estimate of drug-likeness (QED) is 0.762. The van der Waals surface area contributed by atoms with Gasteiger partial charge in [0.2, 0.25) is 10.0 Å². The summed E-state index contributed by atoms with van der Waals surface area (Å²) in [5.41, 5.74) is 2.47. The molecule has 1 heterocycles. The lowest BCUT2D eigenvalue weighted by Crippen LogP contribution is -2.45. The van der Waals surface area contributed by atoms with E-state index in [9.17, 15) is 8.42 Å². The molecule has 6 heteroatoms. The molecule has 0 aliphatic carbocycles. The SMILES string of the molecule is CCS(=O)(=O)N(C)C1CCN(Cc2ccc(COC)cc2)CC1. The monoisotopic (exact) mass is 340 g/mol. The molecular formula is C17H28N2O3S. The Kier molecular flexibility index (Phi) is 6.59. The number of benzene rings is 1. The first-order valence-corrected chi connectivity index (χ1v) is 9.82. The van der Waals surface area contributed by atoms with Gasteiger partial charge in [0.15, 0.2) is 0 Å². The minimum absolute atomic E-state index is 0.139. The number of nitrogens with zero attached hydrogens (tertiary/aromatic N) is 2. The number of hydrogen-bond acceptors (Lipinski definition) is 4. The second-order valence-corrected chi connectivity index (χ2v) is 8.49. The van der Waals surface area contributed by atoms with Gasteiger partial charge in [0, 0.05) is 39.8 Å². The number of hydrogen-bond donors (Lipinski definition) is 0. The molecule has 0 saturated carbocycles. The first-order chi connectivity index (χ1) is 11.0. The average molecular weight is 340 g/mol. The van der Waals surface area contributed by atoms with E-state index in [0.29, 0.717) is 6.61 Å². The lowest BCUT2D eigenvalue weighted by Gasteiger charge is -2.36.